The van der Waals surface area contributed by atoms with E-state index in [4.69, 9.17) is 0 Å². The second kappa shape index (κ2) is 6.86. The number of H-pyrrole nitrogens is 1. The maximum atomic E-state index is 13.6. The molecule has 0 aliphatic rings. The zero-order valence-electron chi connectivity index (χ0n) is 15.4. The third kappa shape index (κ3) is 3.23. The predicted octanol–water partition coefficient (Wildman–Crippen LogP) is 3.19. The van der Waals surface area contributed by atoms with Gasteiger partial charge in [0.2, 0.25) is 5.95 Å². The Hall–Kier alpha value is -4.35. The number of halogens is 3. The van der Waals surface area contributed by atoms with Crippen LogP contribution in [0.25, 0.3) is 27.9 Å². The van der Waals surface area contributed by atoms with E-state index in [1.54, 1.807) is 18.3 Å². The number of rotatable bonds is 3. The molecular formula is C19H11F3N8O. The fourth-order valence-corrected chi connectivity index (χ4v) is 3.11. The molecule has 0 atom stereocenters. The van der Waals surface area contributed by atoms with Gasteiger partial charge in [-0.1, -0.05) is 12.1 Å². The minimum atomic E-state index is -4.64. The molecule has 1 aromatic carbocycles. The summed E-state index contributed by atoms with van der Waals surface area (Å²) < 4.78 is 42.2. The molecule has 5 rings (SSSR count). The van der Waals surface area contributed by atoms with Gasteiger partial charge in [-0.05, 0) is 24.3 Å². The summed E-state index contributed by atoms with van der Waals surface area (Å²) >= 11 is 0. The fourth-order valence-electron chi connectivity index (χ4n) is 3.11. The molecule has 0 saturated carbocycles. The highest BCUT2D eigenvalue weighted by Crippen LogP contribution is 2.36. The summed E-state index contributed by atoms with van der Waals surface area (Å²) in [5, 5.41) is 13.7. The first kappa shape index (κ1) is 18.7. The number of benzene rings is 1. The number of alkyl halides is 3. The summed E-state index contributed by atoms with van der Waals surface area (Å²) in [4.78, 5) is 24.5. The van der Waals surface area contributed by atoms with Crippen LogP contribution in [0.5, 0.6) is 0 Å². The number of nitrogens with zero attached hydrogens (tertiary/aromatic N) is 6. The first-order valence-corrected chi connectivity index (χ1v) is 8.90. The molecule has 0 fully saturated rings. The van der Waals surface area contributed by atoms with Gasteiger partial charge in [-0.25, -0.2) is 15.0 Å². The van der Waals surface area contributed by atoms with Crippen molar-refractivity contribution in [3.8, 4) is 11.4 Å². The van der Waals surface area contributed by atoms with Crippen molar-refractivity contribution in [1.82, 2.24) is 34.8 Å². The van der Waals surface area contributed by atoms with Crippen LogP contribution >= 0.6 is 0 Å². The average Bonchev–Trinajstić information content (AvgIpc) is 3.37. The molecule has 4 heterocycles. The molecule has 0 bridgehead atoms. The molecule has 5 aromatic rings. The molecule has 4 aromatic heterocycles. The number of fused-ring (bicyclic) bond motifs is 3. The molecule has 0 radical (unpaired) electrons. The van der Waals surface area contributed by atoms with E-state index < -0.39 is 17.3 Å². The molecule has 154 valence electrons. The van der Waals surface area contributed by atoms with E-state index in [-0.39, 0.29) is 34.0 Å². The predicted molar refractivity (Wildman–Crippen MR) is 105 cm³/mol. The Morgan fingerprint density at radius 2 is 1.94 bits per heavy atom. The second-order valence-electron chi connectivity index (χ2n) is 6.47. The summed E-state index contributed by atoms with van der Waals surface area (Å²) in [7, 11) is 0. The number of nitrogens with one attached hydrogen (secondary N) is 2. The molecule has 0 amide bonds. The first-order valence-electron chi connectivity index (χ1n) is 8.90. The molecule has 31 heavy (non-hydrogen) atoms. The summed E-state index contributed by atoms with van der Waals surface area (Å²) in [6.07, 6.45) is -0.296. The lowest BCUT2D eigenvalue weighted by Crippen LogP contribution is -2.13. The molecule has 12 heteroatoms. The Kier molecular flexibility index (Phi) is 4.13. The number of anilines is 2. The lowest BCUT2D eigenvalue weighted by atomic mass is 10.1. The van der Waals surface area contributed by atoms with Crippen LogP contribution < -0.4 is 10.9 Å². The smallest absolute Gasteiger partial charge is 0.319 e. The lowest BCUT2D eigenvalue weighted by Gasteiger charge is -2.12. The van der Waals surface area contributed by atoms with Gasteiger partial charge in [-0.15, -0.1) is 5.10 Å². The Morgan fingerprint density at radius 3 is 2.71 bits per heavy atom. The van der Waals surface area contributed by atoms with E-state index in [1.807, 2.05) is 0 Å². The van der Waals surface area contributed by atoms with Gasteiger partial charge >= 0.3 is 6.18 Å². The van der Waals surface area contributed by atoms with Crippen molar-refractivity contribution >= 4 is 28.2 Å². The maximum absolute atomic E-state index is 13.6. The average molecular weight is 424 g/mol. The van der Waals surface area contributed by atoms with Gasteiger partial charge in [-0.3, -0.25) is 9.89 Å². The van der Waals surface area contributed by atoms with E-state index in [9.17, 15) is 18.0 Å². The molecule has 0 aliphatic heterocycles. The molecule has 9 nitrogen and oxygen atoms in total. The van der Waals surface area contributed by atoms with Crippen molar-refractivity contribution in [3.05, 3.63) is 70.9 Å². The normalized spacial score (nSPS) is 11.8. The van der Waals surface area contributed by atoms with Gasteiger partial charge in [0.1, 0.15) is 5.69 Å². The van der Waals surface area contributed by atoms with Crippen LogP contribution in [0.2, 0.25) is 0 Å². The number of hydrogen-bond acceptors (Lipinski definition) is 7. The number of aromatic amines is 1. The van der Waals surface area contributed by atoms with Crippen molar-refractivity contribution in [1.29, 1.82) is 0 Å². The van der Waals surface area contributed by atoms with Gasteiger partial charge in [0.25, 0.3) is 5.56 Å². The van der Waals surface area contributed by atoms with Crippen molar-refractivity contribution in [3.63, 3.8) is 0 Å². The zero-order valence-corrected chi connectivity index (χ0v) is 15.4. The van der Waals surface area contributed by atoms with E-state index in [2.05, 4.69) is 35.6 Å². The van der Waals surface area contributed by atoms with Crippen molar-refractivity contribution < 1.29 is 13.2 Å². The van der Waals surface area contributed by atoms with Gasteiger partial charge in [0, 0.05) is 17.8 Å². The molecule has 0 saturated heterocycles. The van der Waals surface area contributed by atoms with E-state index in [0.29, 0.717) is 5.56 Å². The third-order valence-electron chi connectivity index (χ3n) is 4.49. The molecule has 0 unspecified atom stereocenters. The number of para-hydroxylation sites is 1. The first-order chi connectivity index (χ1) is 14.9. The largest absolute Gasteiger partial charge is 0.418 e. The van der Waals surface area contributed by atoms with E-state index in [1.165, 1.54) is 35.1 Å². The third-order valence-corrected chi connectivity index (χ3v) is 4.49. The molecule has 0 aliphatic carbocycles. The van der Waals surface area contributed by atoms with Crippen LogP contribution in [-0.2, 0) is 6.18 Å². The minimum absolute atomic E-state index is 0.0167. The highest BCUT2D eigenvalue weighted by Gasteiger charge is 2.34. The summed E-state index contributed by atoms with van der Waals surface area (Å²) in [6, 6.07) is 8.25. The molecular weight excluding hydrogens is 413 g/mol. The number of aromatic nitrogens is 7. The summed E-state index contributed by atoms with van der Waals surface area (Å²) in [5.74, 6) is 0.106. The maximum Gasteiger partial charge on any atom is 0.418 e. The molecule has 2 N–H and O–H groups in total. The van der Waals surface area contributed by atoms with Gasteiger partial charge < -0.3 is 5.32 Å². The van der Waals surface area contributed by atoms with Crippen LogP contribution in [0.3, 0.4) is 0 Å². The summed E-state index contributed by atoms with van der Waals surface area (Å²) in [6.45, 7) is 0. The lowest BCUT2D eigenvalue weighted by molar-refractivity contribution is -0.136. The van der Waals surface area contributed by atoms with Crippen LogP contribution in [0.4, 0.5) is 24.8 Å². The summed E-state index contributed by atoms with van der Waals surface area (Å²) in [5.41, 5.74) is -1.18. The topological polar surface area (TPSA) is 114 Å². The SMILES string of the molecule is O=c1nccccc1Nc1nc2c(C(F)(F)F)cccc2c2nc(-c3cn[nH]c3)nn12. The van der Waals surface area contributed by atoms with Crippen LogP contribution in [0.1, 0.15) is 5.56 Å². The van der Waals surface area contributed by atoms with Crippen LogP contribution in [0, 0.1) is 0 Å². The molecule has 0 spiro atoms. The second-order valence-corrected chi connectivity index (χ2v) is 6.47. The Bertz CT molecular complexity index is 1480. The minimum Gasteiger partial charge on any atom is -0.319 e. The Balaban J connectivity index is 1.83. The highest BCUT2D eigenvalue weighted by molar-refractivity contribution is 5.95. The quantitative estimate of drug-likeness (QED) is 0.457. The monoisotopic (exact) mass is 424 g/mol. The van der Waals surface area contributed by atoms with Gasteiger partial charge in [-0.2, -0.15) is 22.8 Å². The Morgan fingerprint density at radius 1 is 1.06 bits per heavy atom. The van der Waals surface area contributed by atoms with Crippen molar-refractivity contribution in [2.24, 2.45) is 0 Å². The highest BCUT2D eigenvalue weighted by atomic mass is 19.4. The number of hydrogen-bond donors (Lipinski definition) is 2. The van der Waals surface area contributed by atoms with Crippen molar-refractivity contribution in [2.75, 3.05) is 5.32 Å². The fraction of sp³-hybridized carbons (Fsp3) is 0.0526. The standard InChI is InChI=1S/C19H11F3N8O/c20-19(21,22)12-5-3-4-11-14(12)27-18(26-13-6-1-2-7-23-17(13)31)30-16(11)28-15(29-30)10-8-24-25-9-10/h1-9H,(H,24,25)(H,23,26,27,31). The van der Waals surface area contributed by atoms with Gasteiger partial charge in [0.05, 0.1) is 22.8 Å². The van der Waals surface area contributed by atoms with E-state index >= 15 is 0 Å². The van der Waals surface area contributed by atoms with Crippen molar-refractivity contribution in [2.45, 2.75) is 6.18 Å². The van der Waals surface area contributed by atoms with Crippen LogP contribution in [-0.4, -0.2) is 34.8 Å². The van der Waals surface area contributed by atoms with Crippen LogP contribution in [0.15, 0.2) is 59.8 Å². The van der Waals surface area contributed by atoms with Gasteiger partial charge in [0.15, 0.2) is 11.5 Å². The Labute approximate surface area is 170 Å². The zero-order chi connectivity index (χ0) is 21.6. The van der Waals surface area contributed by atoms with E-state index in [0.717, 1.165) is 6.07 Å².